The van der Waals surface area contributed by atoms with Crippen LogP contribution in [0.4, 0.5) is 0 Å². The van der Waals surface area contributed by atoms with E-state index in [1.165, 1.54) is 19.2 Å². The van der Waals surface area contributed by atoms with Crippen molar-refractivity contribution in [3.63, 3.8) is 0 Å². The minimum Gasteiger partial charge on any atom is -0.497 e. The van der Waals surface area contributed by atoms with Crippen molar-refractivity contribution >= 4 is 9.84 Å². The summed E-state index contributed by atoms with van der Waals surface area (Å²) < 4.78 is 35.4. The number of benzene rings is 1. The topological polar surface area (TPSA) is 82.3 Å². The van der Waals surface area contributed by atoms with E-state index in [1.54, 1.807) is 19.1 Å². The second-order valence-electron chi connectivity index (χ2n) is 5.13. The first-order chi connectivity index (χ1) is 10.0. The Morgan fingerprint density at radius 1 is 1.38 bits per heavy atom. The van der Waals surface area contributed by atoms with Gasteiger partial charge in [-0.3, -0.25) is 0 Å². The molecule has 1 fully saturated rings. The minimum absolute atomic E-state index is 0.139. The quantitative estimate of drug-likeness (QED) is 0.844. The Balaban J connectivity index is 1.91. The van der Waals surface area contributed by atoms with Crippen LogP contribution in [0.15, 0.2) is 33.7 Å². The Labute approximate surface area is 123 Å². The van der Waals surface area contributed by atoms with Crippen molar-refractivity contribution in [3.05, 3.63) is 36.0 Å². The summed E-state index contributed by atoms with van der Waals surface area (Å²) in [6.45, 7) is 1.55. The van der Waals surface area contributed by atoms with Crippen molar-refractivity contribution < 1.29 is 17.7 Å². The Kier molecular flexibility index (Phi) is 3.44. The van der Waals surface area contributed by atoms with Crippen LogP contribution >= 0.6 is 0 Å². The van der Waals surface area contributed by atoms with E-state index in [0.717, 1.165) is 12.8 Å². The van der Waals surface area contributed by atoms with Gasteiger partial charge in [0, 0.05) is 5.92 Å². The molecule has 6 nitrogen and oxygen atoms in total. The molecule has 1 aromatic carbocycles. The number of hydrogen-bond acceptors (Lipinski definition) is 6. The summed E-state index contributed by atoms with van der Waals surface area (Å²) in [5, 5.41) is 2.98. The van der Waals surface area contributed by atoms with Crippen LogP contribution in [0.1, 0.15) is 42.6 Å². The van der Waals surface area contributed by atoms with E-state index in [0.29, 0.717) is 17.5 Å². The first-order valence-corrected chi connectivity index (χ1v) is 8.28. The van der Waals surface area contributed by atoms with Crippen molar-refractivity contribution in [2.75, 3.05) is 7.11 Å². The van der Waals surface area contributed by atoms with Crippen molar-refractivity contribution in [1.82, 2.24) is 10.1 Å². The van der Waals surface area contributed by atoms with E-state index in [1.807, 2.05) is 0 Å². The second kappa shape index (κ2) is 5.14. The van der Waals surface area contributed by atoms with Crippen LogP contribution in [0.25, 0.3) is 0 Å². The summed E-state index contributed by atoms with van der Waals surface area (Å²) in [6.07, 6.45) is 2.08. The standard InChI is InChI=1S/C14H16N2O4S/c1-9(14-15-13(16-20-14)10-6-7-10)21(17,18)12-5-3-4-11(8-12)19-2/h3-5,8-10H,6-7H2,1-2H3/t9-/m1/s1. The molecule has 7 heteroatoms. The van der Waals surface area contributed by atoms with E-state index in [9.17, 15) is 8.42 Å². The molecule has 1 heterocycles. The molecule has 0 radical (unpaired) electrons. The molecule has 21 heavy (non-hydrogen) atoms. The zero-order valence-electron chi connectivity index (χ0n) is 11.8. The zero-order chi connectivity index (χ0) is 15.0. The van der Waals surface area contributed by atoms with E-state index in [4.69, 9.17) is 9.26 Å². The Morgan fingerprint density at radius 2 is 2.14 bits per heavy atom. The van der Waals surface area contributed by atoms with Gasteiger partial charge in [0.05, 0.1) is 12.0 Å². The maximum Gasteiger partial charge on any atom is 0.245 e. The van der Waals surface area contributed by atoms with Gasteiger partial charge in [-0.05, 0) is 38.0 Å². The number of nitrogens with zero attached hydrogens (tertiary/aromatic N) is 2. The average Bonchev–Trinajstić information content (AvgIpc) is 3.24. The molecule has 0 amide bonds. The highest BCUT2D eigenvalue weighted by molar-refractivity contribution is 7.91. The minimum atomic E-state index is -3.59. The molecule has 0 spiro atoms. The van der Waals surface area contributed by atoms with Gasteiger partial charge in [-0.25, -0.2) is 8.42 Å². The van der Waals surface area contributed by atoms with Gasteiger partial charge < -0.3 is 9.26 Å². The number of aromatic nitrogens is 2. The predicted octanol–water partition coefficient (Wildman–Crippen LogP) is 2.49. The van der Waals surface area contributed by atoms with Crippen molar-refractivity contribution in [2.24, 2.45) is 0 Å². The fourth-order valence-electron chi connectivity index (χ4n) is 2.03. The van der Waals surface area contributed by atoms with Gasteiger partial charge in [-0.15, -0.1) is 0 Å². The van der Waals surface area contributed by atoms with E-state index in [2.05, 4.69) is 10.1 Å². The lowest BCUT2D eigenvalue weighted by Crippen LogP contribution is -2.11. The average molecular weight is 308 g/mol. The molecule has 0 N–H and O–H groups in total. The number of ether oxygens (including phenoxy) is 1. The second-order valence-corrected chi connectivity index (χ2v) is 7.40. The van der Waals surface area contributed by atoms with Gasteiger partial charge in [-0.1, -0.05) is 11.2 Å². The first-order valence-electron chi connectivity index (χ1n) is 6.74. The van der Waals surface area contributed by atoms with Crippen LogP contribution < -0.4 is 4.74 Å². The molecule has 0 saturated heterocycles. The van der Waals surface area contributed by atoms with Crippen LogP contribution in [0.2, 0.25) is 0 Å². The molecule has 112 valence electrons. The molecule has 2 aromatic rings. The molecular weight excluding hydrogens is 292 g/mol. The highest BCUT2D eigenvalue weighted by Gasteiger charge is 2.33. The third-order valence-corrected chi connectivity index (χ3v) is 5.63. The number of methoxy groups -OCH3 is 1. The van der Waals surface area contributed by atoms with Crippen LogP contribution in [0.3, 0.4) is 0 Å². The molecule has 1 aromatic heterocycles. The summed E-state index contributed by atoms with van der Waals surface area (Å²) in [6, 6.07) is 6.36. The molecule has 1 aliphatic carbocycles. The number of rotatable bonds is 5. The molecule has 1 atom stereocenters. The Bertz CT molecular complexity index is 750. The Morgan fingerprint density at radius 3 is 2.81 bits per heavy atom. The summed E-state index contributed by atoms with van der Waals surface area (Å²) in [7, 11) is -2.10. The third-order valence-electron chi connectivity index (χ3n) is 3.58. The fourth-order valence-corrected chi connectivity index (χ4v) is 3.35. The number of sulfone groups is 1. The number of hydrogen-bond donors (Lipinski definition) is 0. The Hall–Kier alpha value is -1.89. The van der Waals surface area contributed by atoms with Crippen molar-refractivity contribution in [1.29, 1.82) is 0 Å². The van der Waals surface area contributed by atoms with E-state index >= 15 is 0 Å². The highest BCUT2D eigenvalue weighted by atomic mass is 32.2. The molecule has 1 aliphatic rings. The lowest BCUT2D eigenvalue weighted by atomic mass is 10.3. The monoisotopic (exact) mass is 308 g/mol. The van der Waals surface area contributed by atoms with Gasteiger partial charge in [0.1, 0.15) is 11.0 Å². The third kappa shape index (κ3) is 2.65. The predicted molar refractivity (Wildman–Crippen MR) is 74.9 cm³/mol. The van der Waals surface area contributed by atoms with Crippen LogP contribution in [0.5, 0.6) is 5.75 Å². The van der Waals surface area contributed by atoms with Gasteiger partial charge in [0.2, 0.25) is 5.89 Å². The normalized spacial score (nSPS) is 16.7. The smallest absolute Gasteiger partial charge is 0.245 e. The van der Waals surface area contributed by atoms with Gasteiger partial charge in [-0.2, -0.15) is 4.98 Å². The first kappa shape index (κ1) is 14.1. The lowest BCUT2D eigenvalue weighted by molar-refractivity contribution is 0.371. The summed E-state index contributed by atoms with van der Waals surface area (Å²) in [4.78, 5) is 4.40. The summed E-state index contributed by atoms with van der Waals surface area (Å²) in [5.41, 5.74) is 0. The molecule has 3 rings (SSSR count). The highest BCUT2D eigenvalue weighted by Crippen LogP contribution is 2.39. The zero-order valence-corrected chi connectivity index (χ0v) is 12.6. The van der Waals surface area contributed by atoms with Crippen LogP contribution in [0, 0.1) is 0 Å². The van der Waals surface area contributed by atoms with Gasteiger partial charge >= 0.3 is 0 Å². The summed E-state index contributed by atoms with van der Waals surface area (Å²) >= 11 is 0. The molecule has 1 saturated carbocycles. The molecule has 0 aliphatic heterocycles. The molecule has 0 unspecified atom stereocenters. The molecule has 0 bridgehead atoms. The summed E-state index contributed by atoms with van der Waals surface area (Å²) in [5.74, 6) is 1.57. The van der Waals surface area contributed by atoms with Crippen molar-refractivity contribution in [3.8, 4) is 5.75 Å². The molecular formula is C14H16N2O4S. The maximum atomic E-state index is 12.6. The SMILES string of the molecule is COc1cccc(S(=O)(=O)[C@H](C)c2nc(C3CC3)no2)c1. The fraction of sp³-hybridized carbons (Fsp3) is 0.429. The van der Waals surface area contributed by atoms with E-state index < -0.39 is 15.1 Å². The van der Waals surface area contributed by atoms with Crippen LogP contribution in [-0.4, -0.2) is 25.7 Å². The van der Waals surface area contributed by atoms with Crippen LogP contribution in [-0.2, 0) is 9.84 Å². The van der Waals surface area contributed by atoms with Gasteiger partial charge in [0.25, 0.3) is 0 Å². The van der Waals surface area contributed by atoms with Gasteiger partial charge in [0.15, 0.2) is 15.7 Å². The lowest BCUT2D eigenvalue weighted by Gasteiger charge is -2.10. The largest absolute Gasteiger partial charge is 0.497 e. The maximum absolute atomic E-state index is 12.6. The van der Waals surface area contributed by atoms with E-state index in [-0.39, 0.29) is 10.8 Å². The van der Waals surface area contributed by atoms with Crippen molar-refractivity contribution in [2.45, 2.75) is 35.8 Å².